The zero-order valence-electron chi connectivity index (χ0n) is 11.1. The molecule has 0 aromatic heterocycles. The van der Waals surface area contributed by atoms with Crippen LogP contribution in [0.5, 0.6) is 5.75 Å². The van der Waals surface area contributed by atoms with E-state index in [-0.39, 0.29) is 11.3 Å². The molecule has 0 unspecified atom stereocenters. The maximum atomic E-state index is 12.5. The molecule has 0 bridgehead atoms. The number of ketones is 1. The number of carbonyl (C=O) groups excluding carboxylic acids is 2. The summed E-state index contributed by atoms with van der Waals surface area (Å²) in [6.45, 7) is 0. The third-order valence-electron chi connectivity index (χ3n) is 2.27. The van der Waals surface area contributed by atoms with Crippen LogP contribution in [0.4, 0.5) is 13.6 Å². The first kappa shape index (κ1) is 16.9. The Hall–Kier alpha value is -2.15. The number of allylic oxidation sites excluding steroid dienone is 2. The van der Waals surface area contributed by atoms with E-state index >= 15 is 0 Å². The van der Waals surface area contributed by atoms with Gasteiger partial charge in [-0.3, -0.25) is 4.79 Å². The molecule has 5 nitrogen and oxygen atoms in total. The molecule has 0 atom stereocenters. The molecule has 21 heavy (non-hydrogen) atoms. The summed E-state index contributed by atoms with van der Waals surface area (Å²) in [6.07, 6.45) is -0.276. The van der Waals surface area contributed by atoms with Crippen LogP contribution in [0.25, 0.3) is 0 Å². The Bertz CT molecular complexity index is 565. The lowest BCUT2D eigenvalue weighted by atomic mass is 10.1. The van der Waals surface area contributed by atoms with Crippen molar-refractivity contribution in [2.24, 2.45) is 0 Å². The summed E-state index contributed by atoms with van der Waals surface area (Å²) in [6, 6.07) is 5.16. The van der Waals surface area contributed by atoms with Crippen LogP contribution in [0.1, 0.15) is 10.4 Å². The first-order valence-corrected chi connectivity index (χ1v) is 6.00. The number of amides is 1. The van der Waals surface area contributed by atoms with Crippen LogP contribution in [0.2, 0.25) is 0 Å². The summed E-state index contributed by atoms with van der Waals surface area (Å²) in [5.74, 6) is -2.23. The molecule has 1 aromatic rings. The maximum Gasteiger partial charge on any atom is 0.414 e. The summed E-state index contributed by atoms with van der Waals surface area (Å²) in [7, 11) is 3.00. The number of halogens is 3. The number of aliphatic hydroxyl groups is 1. The normalized spacial score (nSPS) is 12.0. The molecule has 0 heterocycles. The number of nitrogens with zero attached hydrogens (tertiary/aromatic N) is 1. The quantitative estimate of drug-likeness (QED) is 0.400. The first-order chi connectivity index (χ1) is 9.61. The van der Waals surface area contributed by atoms with Crippen LogP contribution in [0.15, 0.2) is 36.1 Å². The van der Waals surface area contributed by atoms with Gasteiger partial charge in [0.1, 0.15) is 5.75 Å². The van der Waals surface area contributed by atoms with E-state index in [4.69, 9.17) is 9.84 Å². The molecule has 0 spiro atoms. The van der Waals surface area contributed by atoms with Gasteiger partial charge in [0.05, 0.1) is 0 Å². The lowest BCUT2D eigenvalue weighted by molar-refractivity contribution is 0.0811. The zero-order valence-corrected chi connectivity index (χ0v) is 11.9. The van der Waals surface area contributed by atoms with Gasteiger partial charge in [0.25, 0.3) is 0 Å². The molecule has 0 aliphatic rings. The number of hydrogen-bond donors (Lipinski definition) is 1. The van der Waals surface area contributed by atoms with Crippen molar-refractivity contribution in [1.29, 1.82) is 0 Å². The lowest BCUT2D eigenvalue weighted by Gasteiger charge is -2.10. The van der Waals surface area contributed by atoms with Crippen LogP contribution >= 0.6 is 11.6 Å². The second-order valence-corrected chi connectivity index (χ2v) is 4.65. The van der Waals surface area contributed by atoms with Crippen molar-refractivity contribution in [1.82, 2.24) is 4.90 Å². The number of alkyl halides is 3. The second kappa shape index (κ2) is 6.53. The number of benzene rings is 1. The molecular formula is C13H12ClF2NO4. The van der Waals surface area contributed by atoms with Crippen molar-refractivity contribution in [2.45, 2.75) is 5.38 Å². The SMILES string of the molecule is CN(C)C(=O)Oc1ccc(C(=O)/C=C(\O)C(F)(F)Cl)cc1. The van der Waals surface area contributed by atoms with Crippen LogP contribution in [-0.2, 0) is 0 Å². The van der Waals surface area contributed by atoms with Gasteiger partial charge in [-0.15, -0.1) is 0 Å². The second-order valence-electron chi connectivity index (χ2n) is 4.18. The van der Waals surface area contributed by atoms with Crippen molar-refractivity contribution in [3.8, 4) is 5.75 Å². The van der Waals surface area contributed by atoms with E-state index in [1.807, 2.05) is 0 Å². The van der Waals surface area contributed by atoms with E-state index in [2.05, 4.69) is 11.6 Å². The molecule has 114 valence electrons. The predicted molar refractivity (Wildman–Crippen MR) is 72.0 cm³/mol. The molecule has 0 saturated carbocycles. The van der Waals surface area contributed by atoms with Gasteiger partial charge in [0, 0.05) is 25.7 Å². The van der Waals surface area contributed by atoms with Gasteiger partial charge >= 0.3 is 11.5 Å². The van der Waals surface area contributed by atoms with Gasteiger partial charge in [-0.05, 0) is 35.9 Å². The van der Waals surface area contributed by atoms with Gasteiger partial charge < -0.3 is 14.7 Å². The molecular weight excluding hydrogens is 308 g/mol. The third kappa shape index (κ3) is 5.03. The molecule has 1 rings (SSSR count). The minimum absolute atomic E-state index is 0.0205. The zero-order chi connectivity index (χ0) is 16.2. The Morgan fingerprint density at radius 3 is 2.24 bits per heavy atom. The molecule has 0 aliphatic carbocycles. The molecule has 0 radical (unpaired) electrons. The topological polar surface area (TPSA) is 66.8 Å². The van der Waals surface area contributed by atoms with Crippen molar-refractivity contribution >= 4 is 23.5 Å². The number of rotatable bonds is 4. The van der Waals surface area contributed by atoms with Crippen molar-refractivity contribution in [3.05, 3.63) is 41.7 Å². The first-order valence-electron chi connectivity index (χ1n) is 5.62. The summed E-state index contributed by atoms with van der Waals surface area (Å²) in [5.41, 5.74) is 0.0205. The van der Waals surface area contributed by atoms with Gasteiger partial charge in [-0.1, -0.05) is 0 Å². The van der Waals surface area contributed by atoms with E-state index in [0.717, 1.165) is 0 Å². The Morgan fingerprint density at radius 1 is 1.29 bits per heavy atom. The molecule has 1 amide bonds. The standard InChI is InChI=1S/C13H12ClF2NO4/c1-17(2)12(20)21-9-5-3-8(4-6-9)10(18)7-11(19)13(14,15)16/h3-7,19H,1-2H3/b11-7-. The van der Waals surface area contributed by atoms with E-state index in [1.165, 1.54) is 43.3 Å². The Balaban J connectivity index is 2.83. The fourth-order valence-corrected chi connectivity index (χ4v) is 1.22. The van der Waals surface area contributed by atoms with Crippen LogP contribution < -0.4 is 4.74 Å². The maximum absolute atomic E-state index is 12.5. The Kier molecular flexibility index (Phi) is 5.26. The van der Waals surface area contributed by atoms with Crippen LogP contribution in [-0.4, -0.2) is 41.4 Å². The number of ether oxygens (including phenoxy) is 1. The highest BCUT2D eigenvalue weighted by Gasteiger charge is 2.31. The monoisotopic (exact) mass is 319 g/mol. The molecule has 0 saturated heterocycles. The Morgan fingerprint density at radius 2 is 1.81 bits per heavy atom. The summed E-state index contributed by atoms with van der Waals surface area (Å²) >= 11 is 4.56. The number of aliphatic hydroxyl groups excluding tert-OH is 1. The predicted octanol–water partition coefficient (Wildman–Crippen LogP) is 3.20. The van der Waals surface area contributed by atoms with Crippen molar-refractivity contribution in [2.75, 3.05) is 14.1 Å². The summed E-state index contributed by atoms with van der Waals surface area (Å²) in [5, 5.41) is 4.93. The molecule has 0 aliphatic heterocycles. The smallest absolute Gasteiger partial charge is 0.414 e. The minimum Gasteiger partial charge on any atom is -0.505 e. The van der Waals surface area contributed by atoms with Crippen LogP contribution in [0.3, 0.4) is 0 Å². The highest BCUT2D eigenvalue weighted by molar-refractivity contribution is 6.23. The number of carbonyl (C=O) groups is 2. The van der Waals surface area contributed by atoms with Gasteiger partial charge in [0.2, 0.25) is 0 Å². The highest BCUT2D eigenvalue weighted by Crippen LogP contribution is 2.26. The molecule has 8 heteroatoms. The van der Waals surface area contributed by atoms with E-state index in [0.29, 0.717) is 6.08 Å². The number of hydrogen-bond acceptors (Lipinski definition) is 4. The Labute approximate surface area is 124 Å². The van der Waals surface area contributed by atoms with E-state index in [1.54, 1.807) is 0 Å². The van der Waals surface area contributed by atoms with Gasteiger partial charge in [0.15, 0.2) is 11.5 Å². The minimum atomic E-state index is -4.00. The van der Waals surface area contributed by atoms with Crippen LogP contribution in [0, 0.1) is 0 Å². The van der Waals surface area contributed by atoms with Crippen molar-refractivity contribution < 1.29 is 28.2 Å². The highest BCUT2D eigenvalue weighted by atomic mass is 35.5. The summed E-state index contributed by atoms with van der Waals surface area (Å²) in [4.78, 5) is 24.1. The summed E-state index contributed by atoms with van der Waals surface area (Å²) < 4.78 is 29.9. The average molecular weight is 320 g/mol. The van der Waals surface area contributed by atoms with Crippen molar-refractivity contribution in [3.63, 3.8) is 0 Å². The third-order valence-corrected chi connectivity index (χ3v) is 2.46. The van der Waals surface area contributed by atoms with E-state index in [9.17, 15) is 18.4 Å². The molecule has 1 N–H and O–H groups in total. The van der Waals surface area contributed by atoms with E-state index < -0.39 is 23.0 Å². The van der Waals surface area contributed by atoms with Gasteiger partial charge in [-0.25, -0.2) is 4.79 Å². The largest absolute Gasteiger partial charge is 0.505 e. The average Bonchev–Trinajstić information content (AvgIpc) is 2.38. The lowest BCUT2D eigenvalue weighted by Crippen LogP contribution is -2.25. The molecule has 0 fully saturated rings. The fraction of sp³-hybridized carbons (Fsp3) is 0.231. The molecule has 1 aromatic carbocycles. The van der Waals surface area contributed by atoms with Gasteiger partial charge in [-0.2, -0.15) is 8.78 Å². The fourth-order valence-electron chi connectivity index (χ4n) is 1.17.